The van der Waals surface area contributed by atoms with Crippen molar-refractivity contribution in [3.05, 3.63) is 106 Å². The van der Waals surface area contributed by atoms with Crippen LogP contribution >= 0.6 is 0 Å². The summed E-state index contributed by atoms with van der Waals surface area (Å²) in [7, 11) is 0. The highest BCUT2D eigenvalue weighted by atomic mass is 16.1. The molecule has 0 spiro atoms. The van der Waals surface area contributed by atoms with Crippen LogP contribution in [0.2, 0.25) is 0 Å². The van der Waals surface area contributed by atoms with Gasteiger partial charge in [0.1, 0.15) is 12.1 Å². The van der Waals surface area contributed by atoms with E-state index < -0.39 is 6.04 Å². The third-order valence-corrected chi connectivity index (χ3v) is 5.87. The highest BCUT2D eigenvalue weighted by molar-refractivity contribution is 5.95. The summed E-state index contributed by atoms with van der Waals surface area (Å²) in [4.78, 5) is 34.4. The van der Waals surface area contributed by atoms with Gasteiger partial charge in [0, 0.05) is 28.8 Å². The number of nitrogens with two attached hydrogens (primary N) is 1. The smallest absolute Gasteiger partial charge is 0.263 e. The van der Waals surface area contributed by atoms with Gasteiger partial charge in [-0.25, -0.2) is 24.8 Å². The monoisotopic (exact) mass is 474 g/mol. The molecule has 0 radical (unpaired) electrons. The molecule has 36 heavy (non-hydrogen) atoms. The molecule has 0 saturated carbocycles. The Hall–Kier alpha value is -5.10. The minimum absolute atomic E-state index is 0.0563. The van der Waals surface area contributed by atoms with E-state index in [2.05, 4.69) is 30.1 Å². The van der Waals surface area contributed by atoms with Crippen LogP contribution in [0.1, 0.15) is 24.4 Å². The van der Waals surface area contributed by atoms with Gasteiger partial charge in [-0.2, -0.15) is 0 Å². The summed E-state index contributed by atoms with van der Waals surface area (Å²) in [5.41, 5.74) is 9.48. The van der Waals surface area contributed by atoms with Crippen molar-refractivity contribution in [3.63, 3.8) is 0 Å². The second-order valence-electron chi connectivity index (χ2n) is 8.30. The average Bonchev–Trinajstić information content (AvgIpc) is 2.89. The average molecular weight is 475 g/mol. The van der Waals surface area contributed by atoms with Gasteiger partial charge in [-0.1, -0.05) is 36.4 Å². The van der Waals surface area contributed by atoms with Gasteiger partial charge in [0.2, 0.25) is 11.6 Å². The van der Waals surface area contributed by atoms with Crippen LogP contribution in [0.5, 0.6) is 0 Å². The van der Waals surface area contributed by atoms with Gasteiger partial charge in [-0.05, 0) is 43.5 Å². The number of rotatable bonds is 5. The van der Waals surface area contributed by atoms with E-state index in [0.29, 0.717) is 28.3 Å². The predicted molar refractivity (Wildman–Crippen MR) is 140 cm³/mol. The fraction of sp³-hybridized carbons (Fsp3) is 0.111. The third-order valence-electron chi connectivity index (χ3n) is 5.87. The molecule has 3 heterocycles. The number of para-hydroxylation sites is 1. The van der Waals surface area contributed by atoms with E-state index in [1.807, 2.05) is 74.5 Å². The quantitative estimate of drug-likeness (QED) is 0.350. The molecule has 176 valence electrons. The molecule has 0 aliphatic rings. The normalized spacial score (nSPS) is 11.7. The number of benzene rings is 2. The van der Waals surface area contributed by atoms with Crippen molar-refractivity contribution in [3.8, 4) is 16.9 Å². The molecule has 0 aliphatic carbocycles. The number of nitrogens with one attached hydrogen (secondary N) is 1. The molecule has 0 saturated heterocycles. The minimum atomic E-state index is -0.401. The molecule has 2 aromatic carbocycles. The number of nitrogens with zero attached hydrogens (tertiary/aromatic N) is 6. The Morgan fingerprint density at radius 2 is 1.86 bits per heavy atom. The second kappa shape index (κ2) is 9.27. The topological polar surface area (TPSA) is 116 Å². The van der Waals surface area contributed by atoms with Crippen LogP contribution in [0.15, 0.2) is 78.0 Å². The van der Waals surface area contributed by atoms with Crippen LogP contribution in [-0.4, -0.2) is 24.5 Å². The first-order chi connectivity index (χ1) is 17.5. The van der Waals surface area contributed by atoms with Gasteiger partial charge in [0.25, 0.3) is 5.56 Å². The van der Waals surface area contributed by atoms with Gasteiger partial charge >= 0.3 is 0 Å². The Kier molecular flexibility index (Phi) is 5.84. The highest BCUT2D eigenvalue weighted by Crippen LogP contribution is 2.31. The Morgan fingerprint density at radius 3 is 2.61 bits per heavy atom. The standard InChI is InChI=1S/C27H22N8O/c1-16-12-21(32-15-31-16)20-11-7-8-18-13-23(17(2)33-25-22(29-3)14-30-27(28)34-25)35(26(36)24(18)20)19-9-5-4-6-10-19/h4-15,17H,1-2H3,(H3,28,30,33,34)/t17-/m0/s1. The van der Waals surface area contributed by atoms with Crippen LogP contribution < -0.4 is 16.6 Å². The number of hydrogen-bond acceptors (Lipinski definition) is 7. The van der Waals surface area contributed by atoms with Crippen LogP contribution in [-0.2, 0) is 0 Å². The van der Waals surface area contributed by atoms with E-state index in [9.17, 15) is 4.79 Å². The van der Waals surface area contributed by atoms with Gasteiger partial charge in [0.05, 0.1) is 23.7 Å². The number of aromatic nitrogens is 5. The first-order valence-electron chi connectivity index (χ1n) is 11.3. The van der Waals surface area contributed by atoms with Crippen molar-refractivity contribution in [2.45, 2.75) is 19.9 Å². The van der Waals surface area contributed by atoms with Crippen LogP contribution in [0.25, 0.3) is 32.6 Å². The summed E-state index contributed by atoms with van der Waals surface area (Å²) in [6.07, 6.45) is 2.88. The Balaban J connectivity index is 1.75. The third kappa shape index (κ3) is 4.12. The van der Waals surface area contributed by atoms with Crippen molar-refractivity contribution in [1.29, 1.82) is 0 Å². The molecule has 0 bridgehead atoms. The summed E-state index contributed by atoms with van der Waals surface area (Å²) in [5, 5.41) is 4.58. The van der Waals surface area contributed by atoms with Gasteiger partial charge in [-0.15, -0.1) is 0 Å². The lowest BCUT2D eigenvalue weighted by molar-refractivity contribution is 0.774. The van der Waals surface area contributed by atoms with E-state index in [1.54, 1.807) is 4.57 Å². The molecule has 5 aromatic rings. The number of anilines is 2. The first-order valence-corrected chi connectivity index (χ1v) is 11.3. The number of nitrogen functional groups attached to an aromatic ring is 1. The molecule has 0 aliphatic heterocycles. The zero-order valence-electron chi connectivity index (χ0n) is 19.7. The minimum Gasteiger partial charge on any atom is -0.371 e. The zero-order valence-corrected chi connectivity index (χ0v) is 19.7. The van der Waals surface area contributed by atoms with E-state index in [4.69, 9.17) is 12.3 Å². The van der Waals surface area contributed by atoms with Gasteiger partial charge in [0.15, 0.2) is 0 Å². The summed E-state index contributed by atoms with van der Waals surface area (Å²) in [6, 6.07) is 18.6. The summed E-state index contributed by atoms with van der Waals surface area (Å²) in [5.74, 6) is 0.364. The lowest BCUT2D eigenvalue weighted by Gasteiger charge is -2.22. The summed E-state index contributed by atoms with van der Waals surface area (Å²) < 4.78 is 1.68. The van der Waals surface area contributed by atoms with Crippen molar-refractivity contribution >= 4 is 28.2 Å². The van der Waals surface area contributed by atoms with E-state index in [1.165, 1.54) is 12.5 Å². The maximum absolute atomic E-state index is 14.2. The Labute approximate surface area is 207 Å². The number of fused-ring (bicyclic) bond motifs is 1. The maximum Gasteiger partial charge on any atom is 0.263 e. The maximum atomic E-state index is 14.2. The Morgan fingerprint density at radius 1 is 1.06 bits per heavy atom. The van der Waals surface area contributed by atoms with Crippen LogP contribution in [0, 0.1) is 13.5 Å². The molecular weight excluding hydrogens is 452 g/mol. The summed E-state index contributed by atoms with van der Waals surface area (Å²) >= 11 is 0. The number of aryl methyl sites for hydroxylation is 1. The predicted octanol–water partition coefficient (Wildman–Crippen LogP) is 4.85. The molecule has 3 N–H and O–H groups in total. The molecule has 3 aromatic heterocycles. The van der Waals surface area contributed by atoms with Crippen molar-refractivity contribution in [1.82, 2.24) is 24.5 Å². The van der Waals surface area contributed by atoms with Crippen molar-refractivity contribution < 1.29 is 0 Å². The molecule has 0 unspecified atom stereocenters. The molecule has 0 amide bonds. The van der Waals surface area contributed by atoms with Crippen molar-refractivity contribution in [2.24, 2.45) is 0 Å². The summed E-state index contributed by atoms with van der Waals surface area (Å²) in [6.45, 7) is 11.2. The Bertz CT molecular complexity index is 1690. The first kappa shape index (κ1) is 22.7. The van der Waals surface area contributed by atoms with Crippen molar-refractivity contribution in [2.75, 3.05) is 11.1 Å². The lowest BCUT2D eigenvalue weighted by atomic mass is 10.0. The fourth-order valence-corrected chi connectivity index (χ4v) is 4.22. The fourth-order valence-electron chi connectivity index (χ4n) is 4.22. The largest absolute Gasteiger partial charge is 0.371 e. The molecule has 9 nitrogen and oxygen atoms in total. The number of hydrogen-bond donors (Lipinski definition) is 2. The van der Waals surface area contributed by atoms with Crippen LogP contribution in [0.3, 0.4) is 0 Å². The van der Waals surface area contributed by atoms with E-state index in [-0.39, 0.29) is 17.2 Å². The molecular formula is C27H22N8O. The molecule has 9 heteroatoms. The molecule has 1 atom stereocenters. The van der Waals surface area contributed by atoms with E-state index in [0.717, 1.165) is 16.6 Å². The number of pyridine rings is 1. The van der Waals surface area contributed by atoms with Crippen LogP contribution in [0.4, 0.5) is 17.5 Å². The second-order valence-corrected chi connectivity index (χ2v) is 8.30. The van der Waals surface area contributed by atoms with Gasteiger partial charge < -0.3 is 11.1 Å². The molecule has 5 rings (SSSR count). The highest BCUT2D eigenvalue weighted by Gasteiger charge is 2.20. The SMILES string of the molecule is [C-]#[N+]c1cnc(N)nc1N[C@@H](C)c1cc2cccc(-c3cc(C)ncn3)c2c(=O)n1-c1ccccc1. The molecule has 0 fully saturated rings. The van der Waals surface area contributed by atoms with E-state index >= 15 is 0 Å². The lowest BCUT2D eigenvalue weighted by Crippen LogP contribution is -2.26. The van der Waals surface area contributed by atoms with Gasteiger partial charge in [-0.3, -0.25) is 9.36 Å². The zero-order chi connectivity index (χ0) is 25.2.